The average molecular weight is 370 g/mol. The monoisotopic (exact) mass is 370 g/mol. The van der Waals surface area contributed by atoms with E-state index in [-0.39, 0.29) is 5.78 Å². The lowest BCUT2D eigenvalue weighted by Crippen LogP contribution is -2.46. The summed E-state index contributed by atoms with van der Waals surface area (Å²) in [5, 5.41) is 0. The van der Waals surface area contributed by atoms with Gasteiger partial charge in [-0.2, -0.15) is 0 Å². The molecule has 28 heavy (non-hydrogen) atoms. The van der Waals surface area contributed by atoms with Gasteiger partial charge in [0.05, 0.1) is 17.0 Å². The van der Waals surface area contributed by atoms with Gasteiger partial charge >= 0.3 is 0 Å². The lowest BCUT2D eigenvalue weighted by Gasteiger charge is -2.34. The van der Waals surface area contributed by atoms with Crippen LogP contribution in [0.5, 0.6) is 0 Å². The summed E-state index contributed by atoms with van der Waals surface area (Å²) >= 11 is 0. The Morgan fingerprint density at radius 1 is 0.821 bits per heavy atom. The first-order valence-electron chi connectivity index (χ1n) is 9.85. The zero-order valence-electron chi connectivity index (χ0n) is 15.9. The van der Waals surface area contributed by atoms with Crippen LogP contribution in [0.1, 0.15) is 22.8 Å². The van der Waals surface area contributed by atoms with E-state index in [4.69, 9.17) is 9.97 Å². The number of fused-ring (bicyclic) bond motifs is 3. The number of anilines is 1. The molecule has 5 nitrogen and oxygen atoms in total. The third-order valence-electron chi connectivity index (χ3n) is 5.70. The SMILES string of the molecule is CCN1CCN(c2nc(-c3ccccc3)c3c(n2)-c2ccccc2C3=O)CC1. The Labute approximate surface area is 164 Å². The summed E-state index contributed by atoms with van der Waals surface area (Å²) in [6.45, 7) is 7.07. The molecule has 2 aromatic carbocycles. The molecule has 0 N–H and O–H groups in total. The molecule has 1 saturated heterocycles. The van der Waals surface area contributed by atoms with Gasteiger partial charge in [0.15, 0.2) is 5.78 Å². The minimum Gasteiger partial charge on any atom is -0.338 e. The van der Waals surface area contributed by atoms with E-state index in [1.807, 2.05) is 54.6 Å². The van der Waals surface area contributed by atoms with Crippen LogP contribution in [0.2, 0.25) is 0 Å². The molecule has 1 aromatic heterocycles. The van der Waals surface area contributed by atoms with Gasteiger partial charge in [0.2, 0.25) is 5.95 Å². The Morgan fingerprint density at radius 3 is 2.18 bits per heavy atom. The molecule has 0 saturated carbocycles. The molecule has 3 aromatic rings. The molecule has 5 heteroatoms. The summed E-state index contributed by atoms with van der Waals surface area (Å²) in [7, 11) is 0. The zero-order valence-corrected chi connectivity index (χ0v) is 15.9. The highest BCUT2D eigenvalue weighted by atomic mass is 16.1. The van der Waals surface area contributed by atoms with Crippen molar-refractivity contribution >= 4 is 11.7 Å². The standard InChI is InChI=1S/C23H22N4O/c1-2-26-12-14-27(15-13-26)23-24-20(16-8-4-3-5-9-16)19-21(25-23)17-10-6-7-11-18(17)22(19)28/h3-11H,2,12-15H2,1H3. The first kappa shape index (κ1) is 17.1. The molecule has 0 atom stereocenters. The van der Waals surface area contributed by atoms with E-state index in [1.165, 1.54) is 0 Å². The molecular formula is C23H22N4O. The van der Waals surface area contributed by atoms with Crippen molar-refractivity contribution in [3.05, 3.63) is 65.7 Å². The average Bonchev–Trinajstić information content (AvgIpc) is 3.06. The fourth-order valence-electron chi connectivity index (χ4n) is 4.09. The van der Waals surface area contributed by atoms with Crippen LogP contribution >= 0.6 is 0 Å². The van der Waals surface area contributed by atoms with Gasteiger partial charge in [0.25, 0.3) is 0 Å². The number of carbonyl (C=O) groups is 1. The molecule has 2 aliphatic rings. The van der Waals surface area contributed by atoms with Gasteiger partial charge in [0, 0.05) is 42.9 Å². The van der Waals surface area contributed by atoms with Gasteiger partial charge in [-0.3, -0.25) is 4.79 Å². The Bertz CT molecular complexity index is 1040. The minimum absolute atomic E-state index is 0.0202. The highest BCUT2D eigenvalue weighted by molar-refractivity contribution is 6.23. The van der Waals surface area contributed by atoms with E-state index in [9.17, 15) is 4.79 Å². The maximum absolute atomic E-state index is 13.2. The second-order valence-corrected chi connectivity index (χ2v) is 7.26. The van der Waals surface area contributed by atoms with Crippen molar-refractivity contribution in [3.63, 3.8) is 0 Å². The quantitative estimate of drug-likeness (QED) is 0.552. The molecule has 1 aliphatic carbocycles. The molecular weight excluding hydrogens is 348 g/mol. The summed E-state index contributed by atoms with van der Waals surface area (Å²) in [4.78, 5) is 27.6. The van der Waals surface area contributed by atoms with E-state index in [2.05, 4.69) is 16.7 Å². The van der Waals surface area contributed by atoms with Gasteiger partial charge in [-0.15, -0.1) is 0 Å². The Morgan fingerprint density at radius 2 is 1.46 bits per heavy atom. The number of nitrogens with zero attached hydrogens (tertiary/aromatic N) is 4. The Balaban J connectivity index is 1.67. The van der Waals surface area contributed by atoms with E-state index in [0.717, 1.165) is 66.8 Å². The number of likely N-dealkylation sites (N-methyl/N-ethyl adjacent to an activating group) is 1. The smallest absolute Gasteiger partial charge is 0.226 e. The van der Waals surface area contributed by atoms with Crippen molar-refractivity contribution < 1.29 is 4.79 Å². The van der Waals surface area contributed by atoms with Gasteiger partial charge in [0.1, 0.15) is 0 Å². The van der Waals surface area contributed by atoms with E-state index in [0.29, 0.717) is 5.56 Å². The predicted octanol–water partition coefficient (Wildman–Crippen LogP) is 3.50. The summed E-state index contributed by atoms with van der Waals surface area (Å²) in [5.41, 5.74) is 4.72. The largest absolute Gasteiger partial charge is 0.338 e. The maximum atomic E-state index is 13.2. The number of benzene rings is 2. The van der Waals surface area contributed by atoms with Crippen LogP contribution < -0.4 is 4.90 Å². The normalized spacial score (nSPS) is 16.2. The number of piperazine rings is 1. The molecule has 0 amide bonds. The summed E-state index contributed by atoms with van der Waals surface area (Å²) in [5.74, 6) is 0.740. The van der Waals surface area contributed by atoms with Crippen molar-refractivity contribution in [2.45, 2.75) is 6.92 Å². The summed E-state index contributed by atoms with van der Waals surface area (Å²) in [6, 6.07) is 17.7. The highest BCUT2D eigenvalue weighted by Gasteiger charge is 2.33. The van der Waals surface area contributed by atoms with Crippen LogP contribution in [0.3, 0.4) is 0 Å². The van der Waals surface area contributed by atoms with Crippen LogP contribution in [0, 0.1) is 0 Å². The lowest BCUT2D eigenvalue weighted by molar-refractivity contribution is 0.104. The van der Waals surface area contributed by atoms with Gasteiger partial charge in [-0.05, 0) is 6.54 Å². The lowest BCUT2D eigenvalue weighted by atomic mass is 10.0. The predicted molar refractivity (Wildman–Crippen MR) is 111 cm³/mol. The van der Waals surface area contributed by atoms with Crippen molar-refractivity contribution in [1.29, 1.82) is 0 Å². The van der Waals surface area contributed by atoms with Gasteiger partial charge in [-0.25, -0.2) is 9.97 Å². The van der Waals surface area contributed by atoms with Crippen LogP contribution in [0.25, 0.3) is 22.5 Å². The maximum Gasteiger partial charge on any atom is 0.226 e. The van der Waals surface area contributed by atoms with Crippen LogP contribution in [-0.2, 0) is 0 Å². The fourth-order valence-corrected chi connectivity index (χ4v) is 4.09. The molecule has 0 unspecified atom stereocenters. The van der Waals surface area contributed by atoms with Crippen molar-refractivity contribution in [2.24, 2.45) is 0 Å². The minimum atomic E-state index is 0.0202. The molecule has 1 fully saturated rings. The molecule has 0 radical (unpaired) electrons. The third kappa shape index (κ3) is 2.70. The van der Waals surface area contributed by atoms with Crippen LogP contribution in [0.15, 0.2) is 54.6 Å². The second kappa shape index (κ2) is 6.84. The third-order valence-corrected chi connectivity index (χ3v) is 5.70. The summed E-state index contributed by atoms with van der Waals surface area (Å²) < 4.78 is 0. The fraction of sp³-hybridized carbons (Fsp3) is 0.261. The van der Waals surface area contributed by atoms with E-state index >= 15 is 0 Å². The topological polar surface area (TPSA) is 49.3 Å². The zero-order chi connectivity index (χ0) is 19.1. The number of aromatic nitrogens is 2. The Hall–Kier alpha value is -3.05. The number of rotatable bonds is 3. The number of carbonyl (C=O) groups excluding carboxylic acids is 1. The first-order valence-corrected chi connectivity index (χ1v) is 9.85. The number of hydrogen-bond acceptors (Lipinski definition) is 5. The van der Waals surface area contributed by atoms with E-state index in [1.54, 1.807) is 0 Å². The van der Waals surface area contributed by atoms with Crippen LogP contribution in [-0.4, -0.2) is 53.4 Å². The highest BCUT2D eigenvalue weighted by Crippen LogP contribution is 2.40. The van der Waals surface area contributed by atoms with Crippen LogP contribution in [0.4, 0.5) is 5.95 Å². The van der Waals surface area contributed by atoms with Crippen molar-refractivity contribution in [2.75, 3.05) is 37.6 Å². The Kier molecular flexibility index (Phi) is 4.17. The van der Waals surface area contributed by atoms with E-state index < -0.39 is 0 Å². The number of ketones is 1. The van der Waals surface area contributed by atoms with Crippen molar-refractivity contribution in [1.82, 2.24) is 14.9 Å². The molecule has 0 spiro atoms. The van der Waals surface area contributed by atoms with Gasteiger partial charge in [-0.1, -0.05) is 61.5 Å². The molecule has 140 valence electrons. The first-order chi connectivity index (χ1) is 13.8. The molecule has 2 heterocycles. The molecule has 5 rings (SSSR count). The van der Waals surface area contributed by atoms with Crippen molar-refractivity contribution in [3.8, 4) is 22.5 Å². The molecule has 1 aliphatic heterocycles. The molecule has 0 bridgehead atoms. The number of hydrogen-bond donors (Lipinski definition) is 0. The summed E-state index contributed by atoms with van der Waals surface area (Å²) in [6.07, 6.45) is 0. The van der Waals surface area contributed by atoms with Gasteiger partial charge < -0.3 is 9.80 Å². The second-order valence-electron chi connectivity index (χ2n) is 7.26.